The topological polar surface area (TPSA) is 66.8 Å². The predicted molar refractivity (Wildman–Crippen MR) is 58.2 cm³/mol. The Hall–Kier alpha value is -1.42. The smallest absolute Gasteiger partial charge is 0.306 e. The third-order valence-corrected chi connectivity index (χ3v) is 3.19. The van der Waals surface area contributed by atoms with E-state index in [0.717, 1.165) is 5.56 Å². The first-order valence-corrected chi connectivity index (χ1v) is 5.26. The van der Waals surface area contributed by atoms with E-state index >= 15 is 0 Å². The van der Waals surface area contributed by atoms with E-state index < -0.39 is 11.9 Å². The minimum absolute atomic E-state index is 0.0518. The number of carboxylic acids is 1. The summed E-state index contributed by atoms with van der Waals surface area (Å²) in [5, 5.41) is 18.6. The van der Waals surface area contributed by atoms with Gasteiger partial charge in [-0.1, -0.05) is 18.5 Å². The van der Waals surface area contributed by atoms with Crippen LogP contribution in [-0.2, 0) is 4.79 Å². The molecule has 0 aromatic heterocycles. The Bertz CT molecular complexity index is 444. The van der Waals surface area contributed by atoms with Crippen LogP contribution in [-0.4, -0.2) is 22.8 Å². The minimum Gasteiger partial charge on any atom is -0.506 e. The van der Waals surface area contributed by atoms with E-state index in [1.54, 1.807) is 13.0 Å². The summed E-state index contributed by atoms with van der Waals surface area (Å²) in [5.41, 5.74) is 0.748. The first-order chi connectivity index (χ1) is 7.50. The van der Waals surface area contributed by atoms with Crippen LogP contribution in [0.4, 0.5) is 0 Å². The maximum absolute atomic E-state index is 10.9. The van der Waals surface area contributed by atoms with E-state index in [2.05, 4.69) is 0 Å². The van der Waals surface area contributed by atoms with Gasteiger partial charge < -0.3 is 14.9 Å². The molecule has 16 heavy (non-hydrogen) atoms. The third-order valence-electron chi connectivity index (χ3n) is 2.89. The van der Waals surface area contributed by atoms with Crippen LogP contribution >= 0.6 is 11.6 Å². The number of halogens is 1. The van der Waals surface area contributed by atoms with Gasteiger partial charge in [-0.15, -0.1) is 0 Å². The fraction of sp³-hybridized carbons (Fsp3) is 0.364. The summed E-state index contributed by atoms with van der Waals surface area (Å²) >= 11 is 5.79. The Morgan fingerprint density at radius 2 is 2.31 bits per heavy atom. The molecule has 0 bridgehead atoms. The fourth-order valence-corrected chi connectivity index (χ4v) is 2.00. The highest BCUT2D eigenvalue weighted by Crippen LogP contribution is 2.43. The van der Waals surface area contributed by atoms with Crippen LogP contribution in [0.15, 0.2) is 12.1 Å². The molecule has 0 spiro atoms. The molecule has 0 saturated carbocycles. The first-order valence-electron chi connectivity index (χ1n) is 4.88. The number of fused-ring (bicyclic) bond motifs is 1. The summed E-state index contributed by atoms with van der Waals surface area (Å²) in [6, 6.07) is 3.00. The van der Waals surface area contributed by atoms with Crippen LogP contribution < -0.4 is 4.74 Å². The molecule has 86 valence electrons. The Morgan fingerprint density at radius 3 is 2.94 bits per heavy atom. The van der Waals surface area contributed by atoms with Crippen molar-refractivity contribution < 1.29 is 19.7 Å². The second-order valence-electron chi connectivity index (χ2n) is 3.89. The molecule has 1 aromatic rings. The van der Waals surface area contributed by atoms with Crippen molar-refractivity contribution in [2.45, 2.75) is 12.8 Å². The number of rotatable bonds is 2. The monoisotopic (exact) mass is 242 g/mol. The molecule has 0 saturated heterocycles. The van der Waals surface area contributed by atoms with Crippen molar-refractivity contribution in [3.63, 3.8) is 0 Å². The van der Waals surface area contributed by atoms with Crippen molar-refractivity contribution >= 4 is 17.6 Å². The molecule has 0 aliphatic carbocycles. The lowest BCUT2D eigenvalue weighted by Gasteiger charge is -2.13. The number of hydrogen-bond acceptors (Lipinski definition) is 3. The molecule has 2 N–H and O–H groups in total. The summed E-state index contributed by atoms with van der Waals surface area (Å²) in [4.78, 5) is 10.9. The third kappa shape index (κ3) is 1.69. The molecule has 0 fully saturated rings. The van der Waals surface area contributed by atoms with Crippen LogP contribution in [0.1, 0.15) is 18.4 Å². The Morgan fingerprint density at radius 1 is 1.62 bits per heavy atom. The van der Waals surface area contributed by atoms with Gasteiger partial charge in [-0.3, -0.25) is 4.79 Å². The number of phenolic OH excluding ortho intramolecular Hbond substituents is 1. The number of phenols is 1. The average molecular weight is 243 g/mol. The van der Waals surface area contributed by atoms with Crippen molar-refractivity contribution in [2.75, 3.05) is 6.61 Å². The van der Waals surface area contributed by atoms with Gasteiger partial charge in [0.1, 0.15) is 11.5 Å². The SMILES string of the molecule is CC(C(=O)O)[C@@H]1COc2cc(O)c(Cl)cc21. The van der Waals surface area contributed by atoms with Gasteiger partial charge in [-0.25, -0.2) is 0 Å². The molecule has 4 nitrogen and oxygen atoms in total. The van der Waals surface area contributed by atoms with E-state index in [0.29, 0.717) is 12.4 Å². The van der Waals surface area contributed by atoms with E-state index in [4.69, 9.17) is 21.4 Å². The standard InChI is InChI=1S/C11H11ClO4/c1-5(11(14)15)7-4-16-10-3-9(13)8(12)2-6(7)10/h2-3,5,7,13H,4H2,1H3,(H,14,15)/t5?,7-/m0/s1. The molecule has 2 atom stereocenters. The van der Waals surface area contributed by atoms with Gasteiger partial charge in [0.05, 0.1) is 17.5 Å². The second kappa shape index (κ2) is 3.87. The molecular formula is C11H11ClO4. The predicted octanol–water partition coefficient (Wildman–Crippen LogP) is 2.24. The normalized spacial score (nSPS) is 20.0. The van der Waals surface area contributed by atoms with E-state index in [-0.39, 0.29) is 16.7 Å². The van der Waals surface area contributed by atoms with Crippen LogP contribution in [0.3, 0.4) is 0 Å². The number of aromatic hydroxyl groups is 1. The van der Waals surface area contributed by atoms with E-state index in [9.17, 15) is 9.90 Å². The van der Waals surface area contributed by atoms with Crippen molar-refractivity contribution in [3.05, 3.63) is 22.7 Å². The fourth-order valence-electron chi connectivity index (χ4n) is 1.83. The van der Waals surface area contributed by atoms with Crippen LogP contribution in [0.2, 0.25) is 5.02 Å². The quantitative estimate of drug-likeness (QED) is 0.835. The van der Waals surface area contributed by atoms with Crippen molar-refractivity contribution in [2.24, 2.45) is 5.92 Å². The van der Waals surface area contributed by atoms with Gasteiger partial charge in [0.25, 0.3) is 0 Å². The van der Waals surface area contributed by atoms with Crippen LogP contribution in [0.5, 0.6) is 11.5 Å². The van der Waals surface area contributed by atoms with Crippen molar-refractivity contribution in [3.8, 4) is 11.5 Å². The maximum Gasteiger partial charge on any atom is 0.306 e. The lowest BCUT2D eigenvalue weighted by molar-refractivity contribution is -0.142. The van der Waals surface area contributed by atoms with Gasteiger partial charge >= 0.3 is 5.97 Å². The zero-order valence-corrected chi connectivity index (χ0v) is 9.36. The first kappa shape index (κ1) is 11.1. The zero-order valence-electron chi connectivity index (χ0n) is 8.61. The largest absolute Gasteiger partial charge is 0.506 e. The molecular weight excluding hydrogens is 232 g/mol. The number of aliphatic carboxylic acids is 1. The van der Waals surface area contributed by atoms with Gasteiger partial charge in [0.15, 0.2) is 0 Å². The molecule has 1 aromatic carbocycles. The number of carbonyl (C=O) groups is 1. The highest BCUT2D eigenvalue weighted by molar-refractivity contribution is 6.32. The van der Waals surface area contributed by atoms with Gasteiger partial charge in [0, 0.05) is 17.5 Å². The number of hydrogen-bond donors (Lipinski definition) is 2. The van der Waals surface area contributed by atoms with E-state index in [1.807, 2.05) is 0 Å². The molecule has 1 aliphatic heterocycles. The molecule has 1 unspecified atom stereocenters. The summed E-state index contributed by atoms with van der Waals surface area (Å²) in [5.74, 6) is -1.16. The average Bonchev–Trinajstić information content (AvgIpc) is 2.60. The number of ether oxygens (including phenoxy) is 1. The lowest BCUT2D eigenvalue weighted by atomic mass is 9.89. The zero-order chi connectivity index (χ0) is 11.9. The minimum atomic E-state index is -0.870. The summed E-state index contributed by atoms with van der Waals surface area (Å²) in [6.07, 6.45) is 0. The van der Waals surface area contributed by atoms with Crippen LogP contribution in [0, 0.1) is 5.92 Å². The highest BCUT2D eigenvalue weighted by atomic mass is 35.5. The summed E-state index contributed by atoms with van der Waals surface area (Å²) in [7, 11) is 0. The number of carboxylic acid groups (broad SMARTS) is 1. The Labute approximate surface area is 97.4 Å². The summed E-state index contributed by atoms with van der Waals surface area (Å²) < 4.78 is 5.34. The Balaban J connectivity index is 2.39. The van der Waals surface area contributed by atoms with E-state index in [1.165, 1.54) is 6.07 Å². The maximum atomic E-state index is 10.9. The molecule has 0 radical (unpaired) electrons. The van der Waals surface area contributed by atoms with Gasteiger partial charge in [-0.05, 0) is 6.07 Å². The van der Waals surface area contributed by atoms with Crippen LogP contribution in [0.25, 0.3) is 0 Å². The molecule has 5 heteroatoms. The second-order valence-corrected chi connectivity index (χ2v) is 4.29. The van der Waals surface area contributed by atoms with Crippen molar-refractivity contribution in [1.82, 2.24) is 0 Å². The molecule has 0 amide bonds. The highest BCUT2D eigenvalue weighted by Gasteiger charge is 2.33. The Kier molecular flexibility index (Phi) is 2.68. The lowest BCUT2D eigenvalue weighted by Crippen LogP contribution is -2.19. The molecule has 1 heterocycles. The number of benzene rings is 1. The molecule has 1 aliphatic rings. The summed E-state index contributed by atoms with van der Waals surface area (Å²) in [6.45, 7) is 1.94. The van der Waals surface area contributed by atoms with Gasteiger partial charge in [0.2, 0.25) is 0 Å². The molecule has 2 rings (SSSR count). The van der Waals surface area contributed by atoms with Gasteiger partial charge in [-0.2, -0.15) is 0 Å². The van der Waals surface area contributed by atoms with Crippen molar-refractivity contribution in [1.29, 1.82) is 0 Å².